The molecule has 6 heteroatoms. The van der Waals surface area contributed by atoms with Crippen molar-refractivity contribution in [2.45, 2.75) is 20.8 Å². The van der Waals surface area contributed by atoms with Crippen molar-refractivity contribution in [3.05, 3.63) is 106 Å². The Balaban J connectivity index is 0.000000202. The second-order valence-electron chi connectivity index (χ2n) is 5.75. The van der Waals surface area contributed by atoms with Crippen LogP contribution in [0.15, 0.2) is 54.6 Å². The van der Waals surface area contributed by atoms with Crippen molar-refractivity contribution in [2.75, 3.05) is 0 Å². The molecule has 27 heavy (non-hydrogen) atoms. The van der Waals surface area contributed by atoms with E-state index >= 15 is 0 Å². The first kappa shape index (κ1) is 22.3. The second-order valence-corrected chi connectivity index (χ2v) is 5.75. The number of halogens is 6. The van der Waals surface area contributed by atoms with Crippen LogP contribution >= 0.6 is 0 Å². The lowest BCUT2D eigenvalue weighted by Gasteiger charge is -1.91. The smallest absolute Gasteiger partial charge is 0.159 e. The zero-order valence-electron chi connectivity index (χ0n) is 15.0. The third-order valence-electron chi connectivity index (χ3n) is 3.23. The Bertz CT molecular complexity index is 772. The molecule has 0 unspecified atom stereocenters. The molecule has 0 heterocycles. The molecule has 0 radical (unpaired) electrons. The van der Waals surface area contributed by atoms with Gasteiger partial charge in [0.1, 0.15) is 0 Å². The van der Waals surface area contributed by atoms with Crippen molar-refractivity contribution in [3.8, 4) is 0 Å². The molecule has 0 amide bonds. The van der Waals surface area contributed by atoms with Crippen molar-refractivity contribution in [1.82, 2.24) is 0 Å². The summed E-state index contributed by atoms with van der Waals surface area (Å²) < 4.78 is 73.0. The van der Waals surface area contributed by atoms with E-state index in [0.717, 1.165) is 53.1 Å². The molecule has 0 atom stereocenters. The van der Waals surface area contributed by atoms with Gasteiger partial charge in [-0.2, -0.15) is 0 Å². The van der Waals surface area contributed by atoms with Gasteiger partial charge in [0.05, 0.1) is 0 Å². The van der Waals surface area contributed by atoms with Crippen LogP contribution in [0.1, 0.15) is 16.7 Å². The first-order chi connectivity index (χ1) is 12.6. The molecule has 3 aromatic carbocycles. The SMILES string of the molecule is Cc1ccc(F)c(F)c1.Cc1ccc(F)c(F)c1.Cc1ccc(F)c(F)c1. The lowest BCUT2D eigenvalue weighted by Crippen LogP contribution is -1.82. The summed E-state index contributed by atoms with van der Waals surface area (Å²) in [6.45, 7) is 5.13. The van der Waals surface area contributed by atoms with Crippen LogP contribution in [-0.4, -0.2) is 0 Å². The van der Waals surface area contributed by atoms with Gasteiger partial charge in [-0.1, -0.05) is 18.2 Å². The fraction of sp³-hybridized carbons (Fsp3) is 0.143. The maximum Gasteiger partial charge on any atom is 0.159 e. The first-order valence-electron chi connectivity index (χ1n) is 7.85. The van der Waals surface area contributed by atoms with Gasteiger partial charge in [0.2, 0.25) is 0 Å². The van der Waals surface area contributed by atoms with Crippen molar-refractivity contribution in [1.29, 1.82) is 0 Å². The van der Waals surface area contributed by atoms with Gasteiger partial charge in [0.25, 0.3) is 0 Å². The molecular weight excluding hydrogens is 366 g/mol. The zero-order valence-corrected chi connectivity index (χ0v) is 15.0. The Morgan fingerprint density at radius 3 is 0.741 bits per heavy atom. The molecule has 3 aromatic rings. The number of hydrogen-bond donors (Lipinski definition) is 0. The Morgan fingerprint density at radius 2 is 0.593 bits per heavy atom. The molecule has 0 aliphatic rings. The highest BCUT2D eigenvalue weighted by atomic mass is 19.2. The van der Waals surface area contributed by atoms with Crippen molar-refractivity contribution < 1.29 is 26.3 Å². The van der Waals surface area contributed by atoms with E-state index in [1.807, 2.05) is 0 Å². The van der Waals surface area contributed by atoms with E-state index in [4.69, 9.17) is 0 Å². The van der Waals surface area contributed by atoms with E-state index in [2.05, 4.69) is 0 Å². The normalized spacial score (nSPS) is 9.67. The minimum absolute atomic E-state index is 0.730. The molecule has 144 valence electrons. The van der Waals surface area contributed by atoms with E-state index < -0.39 is 34.9 Å². The van der Waals surface area contributed by atoms with Crippen molar-refractivity contribution >= 4 is 0 Å². The molecule has 0 aliphatic heterocycles. The topological polar surface area (TPSA) is 0 Å². The average molecular weight is 384 g/mol. The number of rotatable bonds is 0. The van der Waals surface area contributed by atoms with Crippen LogP contribution in [0.5, 0.6) is 0 Å². The molecule has 0 saturated carbocycles. The van der Waals surface area contributed by atoms with E-state index in [-0.39, 0.29) is 0 Å². The first-order valence-corrected chi connectivity index (χ1v) is 7.85. The van der Waals surface area contributed by atoms with Gasteiger partial charge in [-0.3, -0.25) is 0 Å². The summed E-state index contributed by atoms with van der Waals surface area (Å²) in [6.07, 6.45) is 0. The molecule has 3 rings (SSSR count). The van der Waals surface area contributed by atoms with E-state index in [1.54, 1.807) is 20.8 Å². The maximum absolute atomic E-state index is 12.2. The fourth-order valence-corrected chi connectivity index (χ4v) is 1.80. The molecule has 0 aromatic heterocycles. The van der Waals surface area contributed by atoms with Crippen LogP contribution in [0, 0.1) is 55.7 Å². The van der Waals surface area contributed by atoms with Crippen LogP contribution in [-0.2, 0) is 0 Å². The summed E-state index contributed by atoms with van der Waals surface area (Å²) in [5.41, 5.74) is 2.19. The zero-order chi connectivity index (χ0) is 20.6. The van der Waals surface area contributed by atoms with Gasteiger partial charge >= 0.3 is 0 Å². The molecule has 0 bridgehead atoms. The van der Waals surface area contributed by atoms with Crippen molar-refractivity contribution in [2.24, 2.45) is 0 Å². The van der Waals surface area contributed by atoms with Crippen LogP contribution < -0.4 is 0 Å². The standard InChI is InChI=1S/3C7H6F2/c3*1-5-2-3-6(8)7(9)4-5/h3*2-4H,1H3. The van der Waals surface area contributed by atoms with Crippen LogP contribution in [0.2, 0.25) is 0 Å². The van der Waals surface area contributed by atoms with Gasteiger partial charge in [0.15, 0.2) is 34.9 Å². The molecule has 0 aliphatic carbocycles. The number of benzene rings is 3. The summed E-state index contributed by atoms with van der Waals surface area (Å²) in [4.78, 5) is 0. The second kappa shape index (κ2) is 10.4. The average Bonchev–Trinajstić information content (AvgIpc) is 2.60. The maximum atomic E-state index is 12.2. The summed E-state index contributed by atoms with van der Waals surface area (Å²) in [7, 11) is 0. The van der Waals surface area contributed by atoms with Gasteiger partial charge < -0.3 is 0 Å². The predicted molar refractivity (Wildman–Crippen MR) is 93.3 cm³/mol. The van der Waals surface area contributed by atoms with Crippen LogP contribution in [0.3, 0.4) is 0 Å². The minimum Gasteiger partial charge on any atom is -0.204 e. The molecule has 0 fully saturated rings. The number of hydrogen-bond acceptors (Lipinski definition) is 0. The summed E-state index contributed by atoms with van der Waals surface area (Å²) >= 11 is 0. The summed E-state index contributed by atoms with van der Waals surface area (Å²) in [6, 6.07) is 11.4. The lowest BCUT2D eigenvalue weighted by molar-refractivity contribution is 0.508. The lowest BCUT2D eigenvalue weighted by atomic mass is 10.2. The molecular formula is C21H18F6. The van der Waals surface area contributed by atoms with E-state index in [1.165, 1.54) is 18.2 Å². The van der Waals surface area contributed by atoms with Gasteiger partial charge in [-0.05, 0) is 73.9 Å². The molecule has 0 saturated heterocycles. The highest BCUT2D eigenvalue weighted by Gasteiger charge is 1.99. The third-order valence-corrected chi connectivity index (χ3v) is 3.23. The number of aryl methyl sites for hydroxylation is 3. The Labute approximate surface area is 154 Å². The quantitative estimate of drug-likeness (QED) is 0.373. The van der Waals surface area contributed by atoms with Crippen LogP contribution in [0.25, 0.3) is 0 Å². The van der Waals surface area contributed by atoms with Gasteiger partial charge in [-0.15, -0.1) is 0 Å². The monoisotopic (exact) mass is 384 g/mol. The fourth-order valence-electron chi connectivity index (χ4n) is 1.80. The van der Waals surface area contributed by atoms with Gasteiger partial charge in [-0.25, -0.2) is 26.3 Å². The van der Waals surface area contributed by atoms with Crippen molar-refractivity contribution in [3.63, 3.8) is 0 Å². The van der Waals surface area contributed by atoms with E-state index in [0.29, 0.717) is 0 Å². The summed E-state index contributed by atoms with van der Waals surface area (Å²) in [5, 5.41) is 0. The van der Waals surface area contributed by atoms with Crippen LogP contribution in [0.4, 0.5) is 26.3 Å². The van der Waals surface area contributed by atoms with E-state index in [9.17, 15) is 26.3 Å². The molecule has 0 nitrogen and oxygen atoms in total. The Morgan fingerprint density at radius 1 is 0.370 bits per heavy atom. The summed E-state index contributed by atoms with van der Waals surface area (Å²) in [5.74, 6) is -4.72. The van der Waals surface area contributed by atoms with Gasteiger partial charge in [0, 0.05) is 0 Å². The highest BCUT2D eigenvalue weighted by molar-refractivity contribution is 5.16. The molecule has 0 spiro atoms. The Kier molecular flexibility index (Phi) is 8.59. The largest absolute Gasteiger partial charge is 0.204 e. The highest BCUT2D eigenvalue weighted by Crippen LogP contribution is 2.08. The minimum atomic E-state index is -0.791. The molecule has 0 N–H and O–H groups in total. The third kappa shape index (κ3) is 7.98. The predicted octanol–water partition coefficient (Wildman–Crippen LogP) is 6.82. The Hall–Kier alpha value is -2.76.